The molecule has 0 unspecified atom stereocenters. The lowest BCUT2D eigenvalue weighted by Gasteiger charge is -2.22. The van der Waals surface area contributed by atoms with Crippen molar-refractivity contribution < 1.29 is 14.3 Å². The highest BCUT2D eigenvalue weighted by Crippen LogP contribution is 2.20. The number of aromatic nitrogens is 2. The third-order valence-electron chi connectivity index (χ3n) is 2.67. The van der Waals surface area contributed by atoms with Crippen molar-refractivity contribution in [2.75, 3.05) is 0 Å². The Balaban J connectivity index is 2.82. The van der Waals surface area contributed by atoms with Gasteiger partial charge in [-0.3, -0.25) is 4.68 Å². The van der Waals surface area contributed by atoms with Crippen molar-refractivity contribution in [1.29, 1.82) is 0 Å². The Morgan fingerprint density at radius 1 is 1.58 bits per heavy atom. The summed E-state index contributed by atoms with van der Waals surface area (Å²) in [6.07, 6.45) is 2.07. The van der Waals surface area contributed by atoms with Crippen LogP contribution in [-0.2, 0) is 16.6 Å². The number of hydrogen-bond acceptors (Lipinski definition) is 4. The van der Waals surface area contributed by atoms with Crippen LogP contribution in [0.4, 0.5) is 4.79 Å². The van der Waals surface area contributed by atoms with E-state index < -0.39 is 17.7 Å². The molecule has 1 N–H and O–H groups in total. The van der Waals surface area contributed by atoms with Crippen molar-refractivity contribution in [3.05, 3.63) is 17.5 Å². The Labute approximate surface area is 113 Å². The Bertz CT molecular complexity index is 460. The van der Waals surface area contributed by atoms with Crippen molar-refractivity contribution in [1.82, 2.24) is 15.1 Å². The van der Waals surface area contributed by atoms with Crippen LogP contribution in [-0.4, -0.2) is 27.8 Å². The van der Waals surface area contributed by atoms with Gasteiger partial charge in [0, 0.05) is 24.7 Å². The summed E-state index contributed by atoms with van der Waals surface area (Å²) in [5.74, 6) is 0. The minimum atomic E-state index is -0.570. The molecular formula is C13H21N3O3. The summed E-state index contributed by atoms with van der Waals surface area (Å²) in [7, 11) is 1.81. The molecule has 0 saturated heterocycles. The van der Waals surface area contributed by atoms with Gasteiger partial charge in [0.15, 0.2) is 0 Å². The molecule has 0 fully saturated rings. The lowest BCUT2D eigenvalue weighted by atomic mass is 10.1. The van der Waals surface area contributed by atoms with Gasteiger partial charge in [0.25, 0.3) is 0 Å². The van der Waals surface area contributed by atoms with Crippen LogP contribution < -0.4 is 5.32 Å². The number of aryl methyl sites for hydroxylation is 1. The molecule has 1 aromatic rings. The fourth-order valence-electron chi connectivity index (χ4n) is 1.67. The first-order valence-corrected chi connectivity index (χ1v) is 6.16. The van der Waals surface area contributed by atoms with E-state index >= 15 is 0 Å². The summed E-state index contributed by atoms with van der Waals surface area (Å²) in [6.45, 7) is 7.25. The number of nitrogens with one attached hydrogen (secondary N) is 1. The molecule has 0 radical (unpaired) electrons. The number of hydrogen-bond donors (Lipinski definition) is 1. The third-order valence-corrected chi connectivity index (χ3v) is 2.67. The standard InChI is InChI=1S/C13H21N3O3/c1-9-10(8-14-16(9)5)11(6-7-17)15-12(18)19-13(2,3)4/h7-8,11H,6H2,1-5H3,(H,15,18)/t11-/m1/s1. The number of rotatable bonds is 4. The normalized spacial score (nSPS) is 12.9. The lowest BCUT2D eigenvalue weighted by Crippen LogP contribution is -2.35. The Morgan fingerprint density at radius 2 is 2.21 bits per heavy atom. The molecule has 0 saturated carbocycles. The van der Waals surface area contributed by atoms with Gasteiger partial charge in [-0.25, -0.2) is 4.79 Å². The summed E-state index contributed by atoms with van der Waals surface area (Å²) in [5.41, 5.74) is 1.16. The summed E-state index contributed by atoms with van der Waals surface area (Å²) in [6, 6.07) is -0.416. The number of carbonyl (C=O) groups excluding carboxylic acids is 2. The maximum atomic E-state index is 11.8. The third kappa shape index (κ3) is 4.39. The van der Waals surface area contributed by atoms with Crippen molar-refractivity contribution in [2.45, 2.75) is 45.8 Å². The van der Waals surface area contributed by atoms with Crippen LogP contribution in [0.2, 0.25) is 0 Å². The molecule has 0 spiro atoms. The van der Waals surface area contributed by atoms with Gasteiger partial charge in [0.2, 0.25) is 0 Å². The van der Waals surface area contributed by atoms with Crippen molar-refractivity contribution in [2.24, 2.45) is 7.05 Å². The van der Waals surface area contributed by atoms with E-state index in [2.05, 4.69) is 10.4 Å². The highest BCUT2D eigenvalue weighted by atomic mass is 16.6. The summed E-state index contributed by atoms with van der Waals surface area (Å²) in [5, 5.41) is 6.81. The fourth-order valence-corrected chi connectivity index (χ4v) is 1.67. The second-order valence-corrected chi connectivity index (χ2v) is 5.41. The maximum absolute atomic E-state index is 11.8. The van der Waals surface area contributed by atoms with E-state index in [0.717, 1.165) is 17.5 Å². The zero-order chi connectivity index (χ0) is 14.6. The summed E-state index contributed by atoms with van der Waals surface area (Å²) < 4.78 is 6.89. The van der Waals surface area contributed by atoms with Crippen LogP contribution in [0.3, 0.4) is 0 Å². The Kier molecular flexibility index (Phi) is 4.69. The molecule has 0 aromatic carbocycles. The van der Waals surface area contributed by atoms with E-state index in [-0.39, 0.29) is 6.42 Å². The molecule has 6 nitrogen and oxygen atoms in total. The zero-order valence-corrected chi connectivity index (χ0v) is 12.1. The first-order chi connectivity index (χ1) is 8.74. The average Bonchev–Trinajstić information content (AvgIpc) is 2.56. The largest absolute Gasteiger partial charge is 0.444 e. The van der Waals surface area contributed by atoms with Crippen LogP contribution in [0.25, 0.3) is 0 Å². The number of nitrogens with zero attached hydrogens (tertiary/aromatic N) is 2. The molecule has 0 aliphatic rings. The number of aldehydes is 1. The lowest BCUT2D eigenvalue weighted by molar-refractivity contribution is -0.108. The van der Waals surface area contributed by atoms with E-state index in [0.29, 0.717) is 0 Å². The van der Waals surface area contributed by atoms with Crippen LogP contribution >= 0.6 is 0 Å². The van der Waals surface area contributed by atoms with E-state index in [9.17, 15) is 9.59 Å². The molecule has 1 rings (SSSR count). The molecule has 6 heteroatoms. The van der Waals surface area contributed by atoms with E-state index in [4.69, 9.17) is 4.74 Å². The van der Waals surface area contributed by atoms with Crippen LogP contribution in [0.1, 0.15) is 44.5 Å². The molecule has 1 heterocycles. The molecular weight excluding hydrogens is 246 g/mol. The second-order valence-electron chi connectivity index (χ2n) is 5.41. The van der Waals surface area contributed by atoms with Crippen molar-refractivity contribution >= 4 is 12.4 Å². The molecule has 1 atom stereocenters. The smallest absolute Gasteiger partial charge is 0.408 e. The quantitative estimate of drug-likeness (QED) is 0.845. The van der Waals surface area contributed by atoms with Crippen molar-refractivity contribution in [3.8, 4) is 0 Å². The first kappa shape index (κ1) is 15.2. The molecule has 0 aliphatic carbocycles. The first-order valence-electron chi connectivity index (χ1n) is 6.16. The Morgan fingerprint density at radius 3 is 2.63 bits per heavy atom. The van der Waals surface area contributed by atoms with Crippen LogP contribution in [0, 0.1) is 6.92 Å². The van der Waals surface area contributed by atoms with Gasteiger partial charge in [0.1, 0.15) is 11.9 Å². The second kappa shape index (κ2) is 5.86. The van der Waals surface area contributed by atoms with Crippen LogP contribution in [0.5, 0.6) is 0 Å². The molecule has 19 heavy (non-hydrogen) atoms. The monoisotopic (exact) mass is 267 g/mol. The number of ether oxygens (including phenoxy) is 1. The highest BCUT2D eigenvalue weighted by Gasteiger charge is 2.22. The predicted molar refractivity (Wildman–Crippen MR) is 70.7 cm³/mol. The van der Waals surface area contributed by atoms with Gasteiger partial charge in [0.05, 0.1) is 12.2 Å². The molecule has 0 aliphatic heterocycles. The molecule has 106 valence electrons. The van der Waals surface area contributed by atoms with Gasteiger partial charge in [-0.05, 0) is 27.7 Å². The topological polar surface area (TPSA) is 73.2 Å². The number of alkyl carbamates (subject to hydrolysis) is 1. The zero-order valence-electron chi connectivity index (χ0n) is 12.1. The Hall–Kier alpha value is -1.85. The maximum Gasteiger partial charge on any atom is 0.408 e. The van der Waals surface area contributed by atoms with Gasteiger partial charge in [-0.1, -0.05) is 0 Å². The SMILES string of the molecule is Cc1c([C@@H](CC=O)NC(=O)OC(C)(C)C)cnn1C. The van der Waals surface area contributed by atoms with E-state index in [1.807, 2.05) is 14.0 Å². The minimum absolute atomic E-state index is 0.186. The highest BCUT2D eigenvalue weighted by molar-refractivity contribution is 5.69. The van der Waals surface area contributed by atoms with E-state index in [1.165, 1.54) is 0 Å². The number of amides is 1. The van der Waals surface area contributed by atoms with Gasteiger partial charge in [-0.2, -0.15) is 5.10 Å². The van der Waals surface area contributed by atoms with E-state index in [1.54, 1.807) is 31.6 Å². The minimum Gasteiger partial charge on any atom is -0.444 e. The fraction of sp³-hybridized carbons (Fsp3) is 0.615. The predicted octanol–water partition coefficient (Wildman–Crippen LogP) is 1.88. The van der Waals surface area contributed by atoms with Gasteiger partial charge in [-0.15, -0.1) is 0 Å². The molecule has 1 aromatic heterocycles. The van der Waals surface area contributed by atoms with Crippen molar-refractivity contribution in [3.63, 3.8) is 0 Å². The average molecular weight is 267 g/mol. The molecule has 1 amide bonds. The summed E-state index contributed by atoms with van der Waals surface area (Å²) in [4.78, 5) is 22.5. The summed E-state index contributed by atoms with van der Waals surface area (Å²) >= 11 is 0. The number of carbonyl (C=O) groups is 2. The van der Waals surface area contributed by atoms with Gasteiger partial charge < -0.3 is 14.8 Å². The van der Waals surface area contributed by atoms with Crippen LogP contribution in [0.15, 0.2) is 6.20 Å². The molecule has 0 bridgehead atoms. The van der Waals surface area contributed by atoms with Gasteiger partial charge >= 0.3 is 6.09 Å².